The molecule has 0 radical (unpaired) electrons. The number of allylic oxidation sites excluding steroid dienone is 2. The SMILES string of the molecule is CC1=CC=CN(C(=O)S)C1. The van der Waals surface area contributed by atoms with Crippen molar-refractivity contribution >= 4 is 17.9 Å². The minimum atomic E-state index is -0.205. The van der Waals surface area contributed by atoms with Crippen molar-refractivity contribution in [2.24, 2.45) is 0 Å². The van der Waals surface area contributed by atoms with Crippen molar-refractivity contribution in [3.05, 3.63) is 23.9 Å². The molecule has 0 saturated carbocycles. The molecule has 54 valence electrons. The van der Waals surface area contributed by atoms with Gasteiger partial charge in [-0.1, -0.05) is 24.3 Å². The van der Waals surface area contributed by atoms with Gasteiger partial charge in [0.2, 0.25) is 0 Å². The molecule has 1 amide bonds. The van der Waals surface area contributed by atoms with Crippen molar-refractivity contribution < 1.29 is 4.79 Å². The van der Waals surface area contributed by atoms with Gasteiger partial charge in [-0.2, -0.15) is 0 Å². The molecule has 0 aromatic heterocycles. The second kappa shape index (κ2) is 2.92. The maximum Gasteiger partial charge on any atom is 0.282 e. The molecule has 10 heavy (non-hydrogen) atoms. The van der Waals surface area contributed by atoms with Crippen LogP contribution in [0, 0.1) is 0 Å². The van der Waals surface area contributed by atoms with E-state index in [0.29, 0.717) is 6.54 Å². The Morgan fingerprint density at radius 2 is 2.50 bits per heavy atom. The summed E-state index contributed by atoms with van der Waals surface area (Å²) in [7, 11) is 0. The van der Waals surface area contributed by atoms with E-state index in [1.165, 1.54) is 5.57 Å². The summed E-state index contributed by atoms with van der Waals surface area (Å²) in [4.78, 5) is 12.2. The standard InChI is InChI=1S/C7H9NOS/c1-6-3-2-4-8(5-6)7(9)10/h2-4H,5H2,1H3,(H,9,10). The first-order valence-corrected chi connectivity index (χ1v) is 3.48. The highest BCUT2D eigenvalue weighted by molar-refractivity contribution is 7.96. The Bertz CT molecular complexity index is 208. The molecular formula is C7H9NOS. The fraction of sp³-hybridized carbons (Fsp3) is 0.286. The van der Waals surface area contributed by atoms with E-state index in [1.54, 1.807) is 11.1 Å². The average molecular weight is 155 g/mol. The fourth-order valence-electron chi connectivity index (χ4n) is 0.817. The van der Waals surface area contributed by atoms with Crippen LogP contribution < -0.4 is 0 Å². The molecule has 1 rings (SSSR count). The highest BCUT2D eigenvalue weighted by atomic mass is 32.1. The van der Waals surface area contributed by atoms with E-state index in [1.807, 2.05) is 19.1 Å². The Labute approximate surface area is 65.6 Å². The molecule has 0 aromatic carbocycles. The van der Waals surface area contributed by atoms with Gasteiger partial charge in [0.05, 0.1) is 0 Å². The van der Waals surface area contributed by atoms with E-state index in [9.17, 15) is 4.79 Å². The van der Waals surface area contributed by atoms with Crippen molar-refractivity contribution in [2.75, 3.05) is 6.54 Å². The highest BCUT2D eigenvalue weighted by Crippen LogP contribution is 2.07. The molecule has 0 atom stereocenters. The van der Waals surface area contributed by atoms with E-state index < -0.39 is 0 Å². The van der Waals surface area contributed by atoms with Gasteiger partial charge in [-0.15, -0.1) is 0 Å². The number of hydrogen-bond acceptors (Lipinski definition) is 1. The van der Waals surface area contributed by atoms with E-state index in [2.05, 4.69) is 12.6 Å². The molecule has 0 fully saturated rings. The first-order chi connectivity index (χ1) is 4.70. The summed E-state index contributed by atoms with van der Waals surface area (Å²) < 4.78 is 0. The molecule has 0 saturated heterocycles. The van der Waals surface area contributed by atoms with Crippen LogP contribution in [0.1, 0.15) is 6.92 Å². The predicted octanol–water partition coefficient (Wildman–Crippen LogP) is 1.81. The largest absolute Gasteiger partial charge is 0.306 e. The quantitative estimate of drug-likeness (QED) is 0.529. The molecule has 0 bridgehead atoms. The maximum absolute atomic E-state index is 10.7. The van der Waals surface area contributed by atoms with Gasteiger partial charge >= 0.3 is 0 Å². The Hall–Kier alpha value is -0.700. The van der Waals surface area contributed by atoms with Gasteiger partial charge in [-0.05, 0) is 13.0 Å². The molecular weight excluding hydrogens is 146 g/mol. The number of amides is 1. The summed E-state index contributed by atoms with van der Waals surface area (Å²) in [5.41, 5.74) is 1.17. The van der Waals surface area contributed by atoms with Crippen molar-refractivity contribution in [1.29, 1.82) is 0 Å². The zero-order valence-electron chi connectivity index (χ0n) is 5.74. The number of carbonyl (C=O) groups is 1. The minimum absolute atomic E-state index is 0.205. The third-order valence-electron chi connectivity index (χ3n) is 1.31. The van der Waals surface area contributed by atoms with Gasteiger partial charge in [0.15, 0.2) is 0 Å². The van der Waals surface area contributed by atoms with Crippen LogP contribution >= 0.6 is 12.6 Å². The summed E-state index contributed by atoms with van der Waals surface area (Å²) in [6.07, 6.45) is 5.54. The van der Waals surface area contributed by atoms with Gasteiger partial charge < -0.3 is 4.90 Å². The monoisotopic (exact) mass is 155 g/mol. The highest BCUT2D eigenvalue weighted by Gasteiger charge is 2.07. The Morgan fingerprint density at radius 1 is 1.80 bits per heavy atom. The zero-order valence-corrected chi connectivity index (χ0v) is 6.64. The van der Waals surface area contributed by atoms with E-state index in [0.717, 1.165) is 0 Å². The summed E-state index contributed by atoms with van der Waals surface area (Å²) in [5.74, 6) is 0. The lowest BCUT2D eigenvalue weighted by molar-refractivity contribution is 0.241. The lowest BCUT2D eigenvalue weighted by atomic mass is 10.2. The topological polar surface area (TPSA) is 20.3 Å². The molecule has 0 aliphatic carbocycles. The Morgan fingerprint density at radius 3 is 2.90 bits per heavy atom. The molecule has 1 aliphatic rings. The predicted molar refractivity (Wildman–Crippen MR) is 44.0 cm³/mol. The second-order valence-electron chi connectivity index (χ2n) is 2.27. The van der Waals surface area contributed by atoms with Crippen LogP contribution in [-0.2, 0) is 0 Å². The van der Waals surface area contributed by atoms with E-state index in [4.69, 9.17) is 0 Å². The first kappa shape index (κ1) is 7.41. The summed E-state index contributed by atoms with van der Waals surface area (Å²) >= 11 is 3.69. The van der Waals surface area contributed by atoms with Crippen molar-refractivity contribution in [3.63, 3.8) is 0 Å². The van der Waals surface area contributed by atoms with Gasteiger partial charge in [0, 0.05) is 12.7 Å². The lowest BCUT2D eigenvalue weighted by Crippen LogP contribution is -2.23. The van der Waals surface area contributed by atoms with Crippen LogP contribution in [0.3, 0.4) is 0 Å². The summed E-state index contributed by atoms with van der Waals surface area (Å²) in [5, 5.41) is -0.205. The van der Waals surface area contributed by atoms with E-state index in [-0.39, 0.29) is 5.24 Å². The summed E-state index contributed by atoms with van der Waals surface area (Å²) in [6.45, 7) is 2.64. The second-order valence-corrected chi connectivity index (χ2v) is 2.65. The van der Waals surface area contributed by atoms with Crippen LogP contribution in [0.25, 0.3) is 0 Å². The number of hydrogen-bond donors (Lipinski definition) is 1. The minimum Gasteiger partial charge on any atom is -0.306 e. The zero-order chi connectivity index (χ0) is 7.56. The van der Waals surface area contributed by atoms with Crippen LogP contribution in [-0.4, -0.2) is 16.7 Å². The number of thiol groups is 1. The van der Waals surface area contributed by atoms with Crippen molar-refractivity contribution in [1.82, 2.24) is 4.90 Å². The third-order valence-corrected chi connectivity index (χ3v) is 1.57. The molecule has 0 aromatic rings. The van der Waals surface area contributed by atoms with Crippen molar-refractivity contribution in [2.45, 2.75) is 6.92 Å². The molecule has 0 spiro atoms. The Balaban J connectivity index is 2.64. The Kier molecular flexibility index (Phi) is 2.17. The van der Waals surface area contributed by atoms with Gasteiger partial charge in [0.1, 0.15) is 0 Å². The molecule has 1 heterocycles. The van der Waals surface area contributed by atoms with Crippen LogP contribution in [0.15, 0.2) is 23.9 Å². The number of rotatable bonds is 0. The number of nitrogens with zero attached hydrogens (tertiary/aromatic N) is 1. The average Bonchev–Trinajstić information content (AvgIpc) is 1.88. The van der Waals surface area contributed by atoms with Gasteiger partial charge in [-0.3, -0.25) is 4.79 Å². The molecule has 2 nitrogen and oxygen atoms in total. The van der Waals surface area contributed by atoms with Gasteiger partial charge in [-0.25, -0.2) is 0 Å². The maximum atomic E-state index is 10.7. The number of carbonyl (C=O) groups excluding carboxylic acids is 1. The van der Waals surface area contributed by atoms with Crippen molar-refractivity contribution in [3.8, 4) is 0 Å². The molecule has 0 N–H and O–H groups in total. The van der Waals surface area contributed by atoms with E-state index >= 15 is 0 Å². The van der Waals surface area contributed by atoms with Crippen LogP contribution in [0.5, 0.6) is 0 Å². The lowest BCUT2D eigenvalue weighted by Gasteiger charge is -2.18. The van der Waals surface area contributed by atoms with Crippen LogP contribution in [0.2, 0.25) is 0 Å². The normalized spacial score (nSPS) is 17.0. The molecule has 1 aliphatic heterocycles. The first-order valence-electron chi connectivity index (χ1n) is 3.03. The molecule has 3 heteroatoms. The van der Waals surface area contributed by atoms with Crippen LogP contribution in [0.4, 0.5) is 4.79 Å². The fourth-order valence-corrected chi connectivity index (χ4v) is 0.954. The summed E-state index contributed by atoms with van der Waals surface area (Å²) in [6, 6.07) is 0. The van der Waals surface area contributed by atoms with Gasteiger partial charge in [0.25, 0.3) is 5.24 Å². The third kappa shape index (κ3) is 1.64. The smallest absolute Gasteiger partial charge is 0.282 e. The molecule has 0 unspecified atom stereocenters.